The van der Waals surface area contributed by atoms with Gasteiger partial charge < -0.3 is 19.7 Å². The summed E-state index contributed by atoms with van der Waals surface area (Å²) in [5, 5.41) is 8.91. The zero-order chi connectivity index (χ0) is 32.4. The molecule has 2 atom stereocenters. The first-order valence-corrected chi connectivity index (χ1v) is 17.8. The van der Waals surface area contributed by atoms with Crippen molar-refractivity contribution in [2.24, 2.45) is 23.2 Å². The van der Waals surface area contributed by atoms with Gasteiger partial charge in [-0.25, -0.2) is 24.7 Å². The van der Waals surface area contributed by atoms with Gasteiger partial charge in [0.05, 0.1) is 42.5 Å². The van der Waals surface area contributed by atoms with E-state index in [1.807, 2.05) is 35.4 Å². The molecule has 246 valence electrons. The summed E-state index contributed by atoms with van der Waals surface area (Å²) in [7, 11) is 1.40. The molecule has 10 rings (SSSR count). The molecule has 12 heteroatoms. The summed E-state index contributed by atoms with van der Waals surface area (Å²) in [6.07, 6.45) is 16.5. The molecule has 5 heterocycles. The third-order valence-corrected chi connectivity index (χ3v) is 12.0. The fraction of sp³-hybridized carbons (Fsp3) is 0.444. The minimum atomic E-state index is -0.475. The van der Waals surface area contributed by atoms with Crippen molar-refractivity contribution >= 4 is 50.1 Å². The molecule has 4 bridgehead atoms. The fourth-order valence-corrected chi connectivity index (χ4v) is 10.1. The molecule has 4 saturated carbocycles. The lowest BCUT2D eigenvalue weighted by Crippen LogP contribution is -2.40. The minimum absolute atomic E-state index is 0.324. The monoisotopic (exact) mass is 662 g/mol. The molecule has 1 N–H and O–H groups in total. The van der Waals surface area contributed by atoms with Crippen LogP contribution in [0.4, 0.5) is 22.6 Å². The van der Waals surface area contributed by atoms with E-state index in [-0.39, 0.29) is 0 Å². The van der Waals surface area contributed by atoms with Crippen LogP contribution in [0.1, 0.15) is 61.0 Å². The number of hydrogen-bond donors (Lipinski definition) is 1. The van der Waals surface area contributed by atoms with Gasteiger partial charge in [0.2, 0.25) is 0 Å². The number of anilines is 4. The molecule has 4 aromatic heterocycles. The highest BCUT2D eigenvalue weighted by molar-refractivity contribution is 7.22. The highest BCUT2D eigenvalue weighted by Gasteiger charge is 2.49. The topological polar surface area (TPSA) is 120 Å². The Morgan fingerprint density at radius 2 is 1.83 bits per heavy atom. The number of pyridine rings is 1. The maximum atomic E-state index is 13.4. The normalized spacial score (nSPS) is 24.3. The van der Waals surface area contributed by atoms with E-state index in [2.05, 4.69) is 26.9 Å². The largest absolute Gasteiger partial charge is 0.487 e. The first-order valence-electron chi connectivity index (χ1n) is 16.9. The summed E-state index contributed by atoms with van der Waals surface area (Å²) in [5.74, 6) is 4.18. The molecule has 11 nitrogen and oxygen atoms in total. The van der Waals surface area contributed by atoms with Gasteiger partial charge in [-0.05, 0) is 74.3 Å². The van der Waals surface area contributed by atoms with Crippen LogP contribution in [0.15, 0.2) is 49.1 Å². The molecule has 0 saturated heterocycles. The van der Waals surface area contributed by atoms with Gasteiger partial charge in [0.1, 0.15) is 12.2 Å². The maximum Gasteiger partial charge on any atom is 0.342 e. The number of thiazole rings is 1. The number of hydrogen-bond acceptors (Lipinski definition) is 11. The van der Waals surface area contributed by atoms with Crippen molar-refractivity contribution in [2.75, 3.05) is 30.5 Å². The molecule has 0 amide bonds. The predicted molar refractivity (Wildman–Crippen MR) is 184 cm³/mol. The van der Waals surface area contributed by atoms with Gasteiger partial charge in [-0.3, -0.25) is 4.68 Å². The standard InChI is InChI=1S/C36H38N8O3S/c1-21-25(17-40-44(21)20-36-13-22-7-8-23(14-36)12-24(11-22)15-36)26-16-39-33-32(31(26)34(45)46-2)47-10-9-43(33)30-19-37-29(18-38-30)42-35-41-27-5-3-4-6-28(27)48-35/h3-6,16-19,22-24H,7-15,20H2,1-2H3,(H,37,41,42). The second kappa shape index (κ2) is 11.5. The van der Waals surface area contributed by atoms with Crippen LogP contribution in [-0.4, -0.2) is 55.9 Å². The second-order valence-electron chi connectivity index (χ2n) is 14.1. The Kier molecular flexibility index (Phi) is 7.10. The summed E-state index contributed by atoms with van der Waals surface area (Å²) in [6, 6.07) is 8.00. The SMILES string of the molecule is COC(=O)c1c(-c2cnn(CC34CC5CCC(CC(C5)C3)C4)c2C)cnc2c1OCCN2c1cnc(Nc2nc3ccccc3s2)cn1. The zero-order valence-electron chi connectivity index (χ0n) is 27.2. The highest BCUT2D eigenvalue weighted by Crippen LogP contribution is 2.58. The lowest BCUT2D eigenvalue weighted by atomic mass is 9.58. The number of nitrogens with zero attached hydrogens (tertiary/aromatic N) is 7. The Morgan fingerprint density at radius 3 is 2.60 bits per heavy atom. The molecule has 2 unspecified atom stereocenters. The first kappa shape index (κ1) is 29.6. The van der Waals surface area contributed by atoms with Gasteiger partial charge in [-0.15, -0.1) is 0 Å². The average molecular weight is 663 g/mol. The van der Waals surface area contributed by atoms with Crippen molar-refractivity contribution < 1.29 is 14.3 Å². The van der Waals surface area contributed by atoms with Crippen molar-refractivity contribution in [3.8, 4) is 16.9 Å². The molecule has 1 aromatic carbocycles. The van der Waals surface area contributed by atoms with Crippen molar-refractivity contribution in [3.05, 3.63) is 60.3 Å². The third-order valence-electron chi connectivity index (χ3n) is 11.0. The molecule has 5 aromatic rings. The van der Waals surface area contributed by atoms with Crippen molar-refractivity contribution in [1.29, 1.82) is 0 Å². The second-order valence-corrected chi connectivity index (χ2v) is 15.2. The highest BCUT2D eigenvalue weighted by atomic mass is 32.1. The molecule has 48 heavy (non-hydrogen) atoms. The number of esters is 1. The summed E-state index contributed by atoms with van der Waals surface area (Å²) >= 11 is 1.56. The van der Waals surface area contributed by atoms with Crippen LogP contribution in [0.25, 0.3) is 21.3 Å². The van der Waals surface area contributed by atoms with Crippen LogP contribution in [0.3, 0.4) is 0 Å². The quantitative estimate of drug-likeness (QED) is 0.178. The van der Waals surface area contributed by atoms with Gasteiger partial charge in [0.15, 0.2) is 28.3 Å². The van der Waals surface area contributed by atoms with E-state index in [1.54, 1.807) is 29.9 Å². The van der Waals surface area contributed by atoms with Crippen LogP contribution in [-0.2, 0) is 11.3 Å². The van der Waals surface area contributed by atoms with Crippen molar-refractivity contribution in [1.82, 2.24) is 29.7 Å². The van der Waals surface area contributed by atoms with E-state index >= 15 is 0 Å². The predicted octanol–water partition coefficient (Wildman–Crippen LogP) is 7.32. The Bertz CT molecular complexity index is 1970. The summed E-state index contributed by atoms with van der Waals surface area (Å²) in [4.78, 5) is 34.2. The van der Waals surface area contributed by atoms with E-state index in [4.69, 9.17) is 24.5 Å². The number of aromatic nitrogens is 6. The van der Waals surface area contributed by atoms with Gasteiger partial charge in [0, 0.05) is 29.6 Å². The smallest absolute Gasteiger partial charge is 0.342 e. The molecule has 1 aliphatic heterocycles. The molecule has 4 aliphatic carbocycles. The summed E-state index contributed by atoms with van der Waals surface area (Å²) in [5.41, 5.74) is 4.18. The van der Waals surface area contributed by atoms with E-state index in [0.29, 0.717) is 52.9 Å². The lowest BCUT2D eigenvalue weighted by molar-refractivity contribution is 0.0169. The summed E-state index contributed by atoms with van der Waals surface area (Å²) in [6.45, 7) is 3.88. The molecular weight excluding hydrogens is 625 g/mol. The maximum absolute atomic E-state index is 13.4. The van der Waals surface area contributed by atoms with Crippen molar-refractivity contribution in [2.45, 2.75) is 58.4 Å². The Hall–Kier alpha value is -4.58. The minimum Gasteiger partial charge on any atom is -0.487 e. The Balaban J connectivity index is 1.01. The van der Waals surface area contributed by atoms with Gasteiger partial charge in [0.25, 0.3) is 0 Å². The Labute approximate surface area is 282 Å². The third kappa shape index (κ3) is 5.08. The van der Waals surface area contributed by atoms with Crippen LogP contribution >= 0.6 is 11.3 Å². The van der Waals surface area contributed by atoms with Crippen LogP contribution in [0.5, 0.6) is 5.75 Å². The van der Waals surface area contributed by atoms with Crippen LogP contribution in [0.2, 0.25) is 0 Å². The number of methoxy groups -OCH3 is 1. The van der Waals surface area contributed by atoms with E-state index in [9.17, 15) is 4.79 Å². The van der Waals surface area contributed by atoms with E-state index in [1.165, 1.54) is 52.1 Å². The number of carbonyl (C=O) groups excluding carboxylic acids is 1. The summed E-state index contributed by atoms with van der Waals surface area (Å²) < 4.78 is 14.8. The Morgan fingerprint density at radius 1 is 1.02 bits per heavy atom. The number of carbonyl (C=O) groups is 1. The average Bonchev–Trinajstić information content (AvgIpc) is 3.60. The molecule has 0 radical (unpaired) electrons. The molecule has 0 spiro atoms. The molecule has 5 aliphatic rings. The van der Waals surface area contributed by atoms with Gasteiger partial charge >= 0.3 is 5.97 Å². The van der Waals surface area contributed by atoms with E-state index in [0.717, 1.165) is 50.9 Å². The van der Waals surface area contributed by atoms with Crippen LogP contribution in [0, 0.1) is 30.1 Å². The number of fused-ring (bicyclic) bond motifs is 3. The zero-order valence-corrected chi connectivity index (χ0v) is 28.0. The van der Waals surface area contributed by atoms with Crippen molar-refractivity contribution in [3.63, 3.8) is 0 Å². The first-order chi connectivity index (χ1) is 23.4. The fourth-order valence-electron chi connectivity index (χ4n) is 9.20. The number of benzene rings is 1. The number of nitrogens with one attached hydrogen (secondary N) is 1. The van der Waals surface area contributed by atoms with E-state index < -0.39 is 5.97 Å². The number of para-hydroxylation sites is 1. The molecular formula is C36H38N8O3S. The van der Waals surface area contributed by atoms with Gasteiger partial charge in [-0.2, -0.15) is 5.10 Å². The number of rotatable bonds is 7. The molecule has 4 fully saturated rings. The lowest BCUT2D eigenvalue weighted by Gasteiger charge is -2.48. The number of ether oxygens (including phenoxy) is 2. The van der Waals surface area contributed by atoms with Crippen LogP contribution < -0.4 is 15.0 Å². The van der Waals surface area contributed by atoms with Gasteiger partial charge in [-0.1, -0.05) is 36.3 Å².